The molecule has 0 aliphatic carbocycles. The molecule has 2 aromatic heterocycles. The summed E-state index contributed by atoms with van der Waals surface area (Å²) in [5, 5.41) is 0. The zero-order chi connectivity index (χ0) is 18.0. The number of hydrogen-bond donors (Lipinski definition) is 0. The van der Waals surface area contributed by atoms with Gasteiger partial charge in [0.2, 0.25) is 5.91 Å². The number of likely N-dealkylation sites (tertiary alicyclic amines) is 2. The summed E-state index contributed by atoms with van der Waals surface area (Å²) in [6, 6.07) is 3.87. The normalized spacial score (nSPS) is 22.8. The molecule has 134 valence electrons. The molecule has 0 radical (unpaired) electrons. The lowest BCUT2D eigenvalue weighted by Crippen LogP contribution is -2.49. The lowest BCUT2D eigenvalue weighted by molar-refractivity contribution is -0.138. The van der Waals surface area contributed by atoms with Crippen LogP contribution < -0.4 is 0 Å². The Kier molecular flexibility index (Phi) is 4.36. The van der Waals surface area contributed by atoms with Crippen molar-refractivity contribution >= 4 is 11.8 Å². The lowest BCUT2D eigenvalue weighted by Gasteiger charge is -2.38. The van der Waals surface area contributed by atoms with E-state index in [0.717, 1.165) is 31.4 Å². The first-order valence-electron chi connectivity index (χ1n) is 8.92. The van der Waals surface area contributed by atoms with Crippen LogP contribution in [0.1, 0.15) is 35.3 Å². The zero-order valence-corrected chi connectivity index (χ0v) is 14.5. The fourth-order valence-corrected chi connectivity index (χ4v) is 4.01. The summed E-state index contributed by atoms with van der Waals surface area (Å²) in [6.07, 6.45) is 10.5. The molecule has 1 spiro atoms. The van der Waals surface area contributed by atoms with Gasteiger partial charge in [-0.1, -0.05) is 0 Å². The summed E-state index contributed by atoms with van der Waals surface area (Å²) in [7, 11) is 0. The quantitative estimate of drug-likeness (QED) is 0.838. The minimum absolute atomic E-state index is 0.141. The van der Waals surface area contributed by atoms with Gasteiger partial charge in [0.05, 0.1) is 11.6 Å². The van der Waals surface area contributed by atoms with Crippen molar-refractivity contribution in [2.75, 3.05) is 19.6 Å². The maximum atomic E-state index is 13.1. The number of nitrogens with zero attached hydrogens (tertiary/aromatic N) is 5. The van der Waals surface area contributed by atoms with Crippen molar-refractivity contribution in [1.82, 2.24) is 24.8 Å². The Morgan fingerprint density at radius 3 is 2.69 bits per heavy atom. The topological polar surface area (TPSA) is 79.3 Å². The Balaban J connectivity index is 1.48. The van der Waals surface area contributed by atoms with Crippen molar-refractivity contribution in [1.29, 1.82) is 0 Å². The highest BCUT2D eigenvalue weighted by Gasteiger charge is 2.49. The standard InChI is InChI=1S/C19H21N5O2/c25-17(16-12-21-8-9-22-16)24-10-1-4-19(14-24)5-11-23(18(19)26)13-15-2-6-20-7-3-15/h2-3,6-9,12H,1,4-5,10-11,13-14H2. The van der Waals surface area contributed by atoms with Crippen LogP contribution in [0.5, 0.6) is 0 Å². The first-order valence-corrected chi connectivity index (χ1v) is 8.92. The van der Waals surface area contributed by atoms with Crippen molar-refractivity contribution < 1.29 is 9.59 Å². The van der Waals surface area contributed by atoms with Crippen LogP contribution in [-0.2, 0) is 11.3 Å². The third kappa shape index (κ3) is 3.05. The number of rotatable bonds is 3. The smallest absolute Gasteiger partial charge is 0.274 e. The SMILES string of the molecule is O=C(c1cnccn1)N1CCCC2(CCN(Cc3ccncc3)C2=O)C1. The fourth-order valence-electron chi connectivity index (χ4n) is 4.01. The molecule has 7 nitrogen and oxygen atoms in total. The van der Waals surface area contributed by atoms with E-state index >= 15 is 0 Å². The molecule has 0 saturated carbocycles. The molecule has 4 rings (SSSR count). The molecule has 2 saturated heterocycles. The van der Waals surface area contributed by atoms with Gasteiger partial charge in [-0.3, -0.25) is 19.6 Å². The highest BCUT2D eigenvalue weighted by Crippen LogP contribution is 2.40. The first kappa shape index (κ1) is 16.6. The van der Waals surface area contributed by atoms with Crippen LogP contribution in [0.2, 0.25) is 0 Å². The molecule has 2 aliphatic rings. The van der Waals surface area contributed by atoms with Crippen LogP contribution in [0.4, 0.5) is 0 Å². The van der Waals surface area contributed by atoms with Gasteiger partial charge in [-0.2, -0.15) is 0 Å². The molecule has 2 amide bonds. The number of amides is 2. The molecule has 1 unspecified atom stereocenters. The van der Waals surface area contributed by atoms with E-state index in [1.807, 2.05) is 17.0 Å². The minimum Gasteiger partial charge on any atom is -0.338 e. The van der Waals surface area contributed by atoms with E-state index in [0.29, 0.717) is 25.3 Å². The Labute approximate surface area is 152 Å². The number of carbonyl (C=O) groups is 2. The van der Waals surface area contributed by atoms with Gasteiger partial charge in [0.15, 0.2) is 0 Å². The Morgan fingerprint density at radius 2 is 1.92 bits per heavy atom. The van der Waals surface area contributed by atoms with Crippen LogP contribution in [0.3, 0.4) is 0 Å². The molecule has 2 fully saturated rings. The molecule has 2 aromatic rings. The summed E-state index contributed by atoms with van der Waals surface area (Å²) in [5.41, 5.74) is 0.959. The summed E-state index contributed by atoms with van der Waals surface area (Å²) in [4.78, 5) is 41.6. The van der Waals surface area contributed by atoms with Crippen molar-refractivity contribution in [3.8, 4) is 0 Å². The number of aromatic nitrogens is 3. The predicted octanol–water partition coefficient (Wildman–Crippen LogP) is 1.53. The Morgan fingerprint density at radius 1 is 1.08 bits per heavy atom. The van der Waals surface area contributed by atoms with Crippen LogP contribution >= 0.6 is 0 Å². The Bertz CT molecular complexity index is 798. The van der Waals surface area contributed by atoms with Gasteiger partial charge in [-0.05, 0) is 37.0 Å². The van der Waals surface area contributed by atoms with E-state index in [1.54, 1.807) is 23.5 Å². The Hall–Kier alpha value is -2.83. The number of piperidine rings is 1. The molecule has 4 heterocycles. The van der Waals surface area contributed by atoms with Crippen LogP contribution in [-0.4, -0.2) is 56.2 Å². The van der Waals surface area contributed by atoms with E-state index in [9.17, 15) is 9.59 Å². The van der Waals surface area contributed by atoms with Gasteiger partial charge in [0.1, 0.15) is 5.69 Å². The van der Waals surface area contributed by atoms with Gasteiger partial charge >= 0.3 is 0 Å². The lowest BCUT2D eigenvalue weighted by atomic mass is 9.78. The van der Waals surface area contributed by atoms with Crippen molar-refractivity contribution in [3.63, 3.8) is 0 Å². The zero-order valence-electron chi connectivity index (χ0n) is 14.5. The van der Waals surface area contributed by atoms with Gasteiger partial charge in [-0.15, -0.1) is 0 Å². The summed E-state index contributed by atoms with van der Waals surface area (Å²) < 4.78 is 0. The van der Waals surface area contributed by atoms with E-state index in [2.05, 4.69) is 15.0 Å². The number of pyridine rings is 1. The highest BCUT2D eigenvalue weighted by molar-refractivity contribution is 5.93. The fraction of sp³-hybridized carbons (Fsp3) is 0.421. The predicted molar refractivity (Wildman–Crippen MR) is 93.9 cm³/mol. The summed E-state index contributed by atoms with van der Waals surface area (Å²) in [5.74, 6) is 0.0171. The summed E-state index contributed by atoms with van der Waals surface area (Å²) >= 11 is 0. The molecular weight excluding hydrogens is 330 g/mol. The van der Waals surface area contributed by atoms with Gasteiger partial charge in [0, 0.05) is 51.0 Å². The van der Waals surface area contributed by atoms with Crippen LogP contribution in [0.25, 0.3) is 0 Å². The molecule has 0 bridgehead atoms. The molecule has 2 aliphatic heterocycles. The third-order valence-electron chi connectivity index (χ3n) is 5.37. The summed E-state index contributed by atoms with van der Waals surface area (Å²) in [6.45, 7) is 2.46. The second kappa shape index (κ2) is 6.82. The van der Waals surface area contributed by atoms with E-state index in [1.165, 1.54) is 12.4 Å². The van der Waals surface area contributed by atoms with E-state index in [4.69, 9.17) is 0 Å². The number of hydrogen-bond acceptors (Lipinski definition) is 5. The largest absolute Gasteiger partial charge is 0.338 e. The highest BCUT2D eigenvalue weighted by atomic mass is 16.2. The maximum absolute atomic E-state index is 13.1. The number of carbonyl (C=O) groups excluding carboxylic acids is 2. The van der Waals surface area contributed by atoms with Crippen molar-refractivity contribution in [2.24, 2.45) is 5.41 Å². The molecule has 0 N–H and O–H groups in total. The molecule has 1 atom stereocenters. The second-order valence-electron chi connectivity index (χ2n) is 7.03. The molecule has 26 heavy (non-hydrogen) atoms. The van der Waals surface area contributed by atoms with E-state index in [-0.39, 0.29) is 11.8 Å². The monoisotopic (exact) mass is 351 g/mol. The minimum atomic E-state index is -0.455. The van der Waals surface area contributed by atoms with Crippen LogP contribution in [0.15, 0.2) is 43.1 Å². The van der Waals surface area contributed by atoms with Gasteiger partial charge in [0.25, 0.3) is 5.91 Å². The van der Waals surface area contributed by atoms with Crippen LogP contribution in [0, 0.1) is 5.41 Å². The molecule has 0 aromatic carbocycles. The third-order valence-corrected chi connectivity index (χ3v) is 5.37. The van der Waals surface area contributed by atoms with Crippen molar-refractivity contribution in [3.05, 3.63) is 54.4 Å². The molecular formula is C19H21N5O2. The van der Waals surface area contributed by atoms with Gasteiger partial charge < -0.3 is 9.80 Å². The average Bonchev–Trinajstić information content (AvgIpc) is 2.98. The molecule has 7 heteroatoms. The van der Waals surface area contributed by atoms with E-state index < -0.39 is 5.41 Å². The second-order valence-corrected chi connectivity index (χ2v) is 7.03. The maximum Gasteiger partial charge on any atom is 0.274 e. The van der Waals surface area contributed by atoms with Crippen molar-refractivity contribution in [2.45, 2.75) is 25.8 Å². The first-order chi connectivity index (χ1) is 12.7. The average molecular weight is 351 g/mol. The van der Waals surface area contributed by atoms with Gasteiger partial charge in [-0.25, -0.2) is 4.98 Å².